The van der Waals surface area contributed by atoms with E-state index < -0.39 is 0 Å². The standard InChI is InChI=1S/C19H31N3O2/c1-21(2)13-10-17(16-8-5-4-6-9-16)20-18(24)22(3)14-19(15-23)11-7-12-19/h4-6,8-9,17,23H,7,10-15H2,1-3H3,(H,20,24)/t17-/m1/s1. The lowest BCUT2D eigenvalue weighted by molar-refractivity contribution is 0.0226. The van der Waals surface area contributed by atoms with E-state index in [1.54, 1.807) is 4.90 Å². The van der Waals surface area contributed by atoms with Crippen LogP contribution in [0, 0.1) is 5.41 Å². The van der Waals surface area contributed by atoms with Crippen molar-refractivity contribution >= 4 is 6.03 Å². The zero-order chi connectivity index (χ0) is 17.6. The fourth-order valence-corrected chi connectivity index (χ4v) is 3.27. The highest BCUT2D eigenvalue weighted by Crippen LogP contribution is 2.40. The Morgan fingerprint density at radius 2 is 1.92 bits per heavy atom. The maximum atomic E-state index is 12.6. The molecular weight excluding hydrogens is 302 g/mol. The topological polar surface area (TPSA) is 55.8 Å². The van der Waals surface area contributed by atoms with Crippen LogP contribution in [0.2, 0.25) is 0 Å². The third-order valence-electron chi connectivity index (χ3n) is 5.03. The Balaban J connectivity index is 1.98. The molecular formula is C19H31N3O2. The fourth-order valence-electron chi connectivity index (χ4n) is 3.27. The molecule has 2 rings (SSSR count). The first kappa shape index (κ1) is 18.7. The minimum absolute atomic E-state index is 0.00461. The summed E-state index contributed by atoms with van der Waals surface area (Å²) in [5, 5.41) is 12.8. The van der Waals surface area contributed by atoms with E-state index in [-0.39, 0.29) is 24.1 Å². The Kier molecular flexibility index (Phi) is 6.63. The van der Waals surface area contributed by atoms with E-state index in [0.717, 1.165) is 37.8 Å². The highest BCUT2D eigenvalue weighted by Gasteiger charge is 2.38. The van der Waals surface area contributed by atoms with Gasteiger partial charge in [0.25, 0.3) is 0 Å². The Hall–Kier alpha value is -1.59. The number of benzene rings is 1. The van der Waals surface area contributed by atoms with Gasteiger partial charge < -0.3 is 20.2 Å². The molecule has 0 unspecified atom stereocenters. The van der Waals surface area contributed by atoms with Gasteiger partial charge in [0, 0.05) is 19.0 Å². The molecule has 0 radical (unpaired) electrons. The third kappa shape index (κ3) is 4.95. The van der Waals surface area contributed by atoms with Crippen molar-refractivity contribution in [3.8, 4) is 0 Å². The van der Waals surface area contributed by atoms with Crippen LogP contribution >= 0.6 is 0 Å². The van der Waals surface area contributed by atoms with Crippen LogP contribution in [0.5, 0.6) is 0 Å². The molecule has 1 aromatic rings. The number of hydrogen-bond acceptors (Lipinski definition) is 3. The van der Waals surface area contributed by atoms with Crippen molar-refractivity contribution in [2.45, 2.75) is 31.7 Å². The molecule has 1 aliphatic carbocycles. The summed E-state index contributed by atoms with van der Waals surface area (Å²) in [7, 11) is 5.90. The molecule has 0 aromatic heterocycles. The smallest absolute Gasteiger partial charge is 0.317 e. The van der Waals surface area contributed by atoms with E-state index in [2.05, 4.69) is 22.3 Å². The normalized spacial score (nSPS) is 17.2. The quantitative estimate of drug-likeness (QED) is 0.768. The van der Waals surface area contributed by atoms with Gasteiger partial charge >= 0.3 is 6.03 Å². The largest absolute Gasteiger partial charge is 0.396 e. The van der Waals surface area contributed by atoms with Gasteiger partial charge in [-0.25, -0.2) is 4.79 Å². The molecule has 24 heavy (non-hydrogen) atoms. The Labute approximate surface area is 145 Å². The van der Waals surface area contributed by atoms with Gasteiger partial charge in [-0.05, 0) is 45.5 Å². The Morgan fingerprint density at radius 1 is 1.25 bits per heavy atom. The summed E-state index contributed by atoms with van der Waals surface area (Å²) in [5.41, 5.74) is 1.04. The first-order valence-electron chi connectivity index (χ1n) is 8.78. The van der Waals surface area contributed by atoms with E-state index in [4.69, 9.17) is 0 Å². The van der Waals surface area contributed by atoms with Crippen molar-refractivity contribution in [3.05, 3.63) is 35.9 Å². The molecule has 2 amide bonds. The van der Waals surface area contributed by atoms with E-state index in [1.807, 2.05) is 39.3 Å². The number of hydrogen-bond donors (Lipinski definition) is 2. The average molecular weight is 333 g/mol. The van der Waals surface area contributed by atoms with Crippen LogP contribution in [0.3, 0.4) is 0 Å². The summed E-state index contributed by atoms with van der Waals surface area (Å²) in [5.74, 6) is 0. The molecule has 1 aromatic carbocycles. The summed E-state index contributed by atoms with van der Waals surface area (Å²) in [4.78, 5) is 16.5. The molecule has 0 aliphatic heterocycles. The van der Waals surface area contributed by atoms with Gasteiger partial charge in [-0.1, -0.05) is 36.8 Å². The van der Waals surface area contributed by atoms with Gasteiger partial charge in [0.2, 0.25) is 0 Å². The summed E-state index contributed by atoms with van der Waals surface area (Å²) in [6.45, 7) is 1.68. The van der Waals surface area contributed by atoms with Gasteiger partial charge in [-0.15, -0.1) is 0 Å². The van der Waals surface area contributed by atoms with E-state index in [9.17, 15) is 9.90 Å². The van der Waals surface area contributed by atoms with E-state index in [0.29, 0.717) is 6.54 Å². The highest BCUT2D eigenvalue weighted by molar-refractivity contribution is 5.74. The van der Waals surface area contributed by atoms with Crippen molar-refractivity contribution in [1.82, 2.24) is 15.1 Å². The molecule has 1 fully saturated rings. The SMILES string of the molecule is CN(C)CC[C@@H](NC(=O)N(C)CC1(CO)CCC1)c1ccccc1. The molecule has 0 heterocycles. The van der Waals surface area contributed by atoms with Gasteiger partial charge in [0.15, 0.2) is 0 Å². The summed E-state index contributed by atoms with van der Waals surface area (Å²) >= 11 is 0. The van der Waals surface area contributed by atoms with Gasteiger partial charge in [0.05, 0.1) is 12.6 Å². The molecule has 5 heteroatoms. The molecule has 1 saturated carbocycles. The zero-order valence-electron chi connectivity index (χ0n) is 15.2. The molecule has 5 nitrogen and oxygen atoms in total. The van der Waals surface area contributed by atoms with Gasteiger partial charge in [0.1, 0.15) is 0 Å². The van der Waals surface area contributed by atoms with Crippen LogP contribution in [0.25, 0.3) is 0 Å². The predicted octanol–water partition coefficient (Wildman–Crippen LogP) is 2.48. The number of urea groups is 1. The van der Waals surface area contributed by atoms with Crippen molar-refractivity contribution in [1.29, 1.82) is 0 Å². The van der Waals surface area contributed by atoms with Crippen LogP contribution in [0.15, 0.2) is 30.3 Å². The Bertz CT molecular complexity index is 509. The molecule has 134 valence electrons. The van der Waals surface area contributed by atoms with Gasteiger partial charge in [-0.3, -0.25) is 0 Å². The second-order valence-electron chi connectivity index (χ2n) is 7.37. The lowest BCUT2D eigenvalue weighted by atomic mass is 9.69. The molecule has 0 saturated heterocycles. The Morgan fingerprint density at radius 3 is 2.42 bits per heavy atom. The third-order valence-corrected chi connectivity index (χ3v) is 5.03. The maximum absolute atomic E-state index is 12.6. The predicted molar refractivity (Wildman–Crippen MR) is 96.9 cm³/mol. The van der Waals surface area contributed by atoms with Crippen LogP contribution in [0.4, 0.5) is 4.79 Å². The van der Waals surface area contributed by atoms with Crippen LogP contribution in [-0.4, -0.2) is 61.8 Å². The van der Waals surface area contributed by atoms with Gasteiger partial charge in [-0.2, -0.15) is 0 Å². The van der Waals surface area contributed by atoms with Crippen LogP contribution in [-0.2, 0) is 0 Å². The van der Waals surface area contributed by atoms with Crippen molar-refractivity contribution in [3.63, 3.8) is 0 Å². The van der Waals surface area contributed by atoms with Crippen molar-refractivity contribution < 1.29 is 9.90 Å². The zero-order valence-corrected chi connectivity index (χ0v) is 15.2. The number of nitrogens with one attached hydrogen (secondary N) is 1. The lowest BCUT2D eigenvalue weighted by Crippen LogP contribution is -2.49. The number of rotatable bonds is 8. The monoisotopic (exact) mass is 333 g/mol. The van der Waals surface area contributed by atoms with Crippen molar-refractivity contribution in [2.24, 2.45) is 5.41 Å². The first-order chi connectivity index (χ1) is 11.5. The van der Waals surface area contributed by atoms with E-state index in [1.165, 1.54) is 0 Å². The number of nitrogens with zero attached hydrogens (tertiary/aromatic N) is 2. The van der Waals surface area contributed by atoms with E-state index >= 15 is 0 Å². The highest BCUT2D eigenvalue weighted by atomic mass is 16.3. The average Bonchev–Trinajstić information content (AvgIpc) is 2.55. The second kappa shape index (κ2) is 8.49. The molecule has 1 aliphatic rings. The second-order valence-corrected chi connectivity index (χ2v) is 7.37. The number of aliphatic hydroxyl groups is 1. The number of carbonyl (C=O) groups excluding carboxylic acids is 1. The minimum Gasteiger partial charge on any atom is -0.396 e. The molecule has 0 bridgehead atoms. The summed E-state index contributed by atoms with van der Waals surface area (Å²) in [6.07, 6.45) is 4.01. The number of aliphatic hydroxyl groups excluding tert-OH is 1. The first-order valence-corrected chi connectivity index (χ1v) is 8.78. The summed E-state index contributed by atoms with van der Waals surface area (Å²) in [6, 6.07) is 10.0. The lowest BCUT2D eigenvalue weighted by Gasteiger charge is -2.43. The maximum Gasteiger partial charge on any atom is 0.317 e. The molecule has 1 atom stereocenters. The summed E-state index contributed by atoms with van der Waals surface area (Å²) < 4.78 is 0. The van der Waals surface area contributed by atoms with Crippen molar-refractivity contribution in [2.75, 3.05) is 40.8 Å². The van der Waals surface area contributed by atoms with Crippen LogP contribution in [0.1, 0.15) is 37.3 Å². The molecule has 0 spiro atoms. The fraction of sp³-hybridized carbons (Fsp3) is 0.632. The minimum atomic E-state index is -0.0853. The van der Waals surface area contributed by atoms with Crippen LogP contribution < -0.4 is 5.32 Å². The number of amides is 2. The number of carbonyl (C=O) groups is 1. The molecule has 2 N–H and O–H groups in total.